The zero-order valence-electron chi connectivity index (χ0n) is 14.1. The van der Waals surface area contributed by atoms with E-state index in [9.17, 15) is 4.79 Å². The Kier molecular flexibility index (Phi) is 6.16. The SMILES string of the molecule is CCCCN(CC)C(=O)[C@@H]1CCCN(c2nccc(C)n2)C1. The van der Waals surface area contributed by atoms with E-state index >= 15 is 0 Å². The molecule has 1 aliphatic heterocycles. The van der Waals surface area contributed by atoms with Crippen LogP contribution in [0.1, 0.15) is 45.2 Å². The van der Waals surface area contributed by atoms with Gasteiger partial charge in [-0.2, -0.15) is 0 Å². The maximum absolute atomic E-state index is 12.7. The molecule has 1 aliphatic rings. The number of aryl methyl sites for hydroxylation is 1. The van der Waals surface area contributed by atoms with Gasteiger partial charge in [-0.3, -0.25) is 4.79 Å². The summed E-state index contributed by atoms with van der Waals surface area (Å²) in [6, 6.07) is 1.90. The summed E-state index contributed by atoms with van der Waals surface area (Å²) in [5.41, 5.74) is 0.969. The Morgan fingerprint density at radius 3 is 2.95 bits per heavy atom. The predicted molar refractivity (Wildman–Crippen MR) is 88.9 cm³/mol. The molecule has 1 atom stereocenters. The van der Waals surface area contributed by atoms with Crippen LogP contribution >= 0.6 is 0 Å². The van der Waals surface area contributed by atoms with Gasteiger partial charge < -0.3 is 9.80 Å². The van der Waals surface area contributed by atoms with Gasteiger partial charge in [0.1, 0.15) is 0 Å². The van der Waals surface area contributed by atoms with Crippen molar-refractivity contribution in [2.75, 3.05) is 31.1 Å². The third-order valence-electron chi connectivity index (χ3n) is 4.31. The van der Waals surface area contributed by atoms with Gasteiger partial charge in [-0.15, -0.1) is 0 Å². The minimum Gasteiger partial charge on any atom is -0.343 e. The average Bonchev–Trinajstić information content (AvgIpc) is 2.55. The summed E-state index contributed by atoms with van der Waals surface area (Å²) >= 11 is 0. The molecule has 0 aromatic carbocycles. The number of nitrogens with zero attached hydrogens (tertiary/aromatic N) is 4. The summed E-state index contributed by atoms with van der Waals surface area (Å²) in [6.45, 7) is 9.56. The molecule has 1 amide bonds. The third kappa shape index (κ3) is 4.18. The number of carbonyl (C=O) groups excluding carboxylic acids is 1. The lowest BCUT2D eigenvalue weighted by molar-refractivity contribution is -0.135. The van der Waals surface area contributed by atoms with Crippen molar-refractivity contribution in [3.8, 4) is 0 Å². The summed E-state index contributed by atoms with van der Waals surface area (Å²) in [5, 5.41) is 0. The summed E-state index contributed by atoms with van der Waals surface area (Å²) in [4.78, 5) is 25.8. The van der Waals surface area contributed by atoms with Crippen molar-refractivity contribution in [3.05, 3.63) is 18.0 Å². The topological polar surface area (TPSA) is 49.3 Å². The van der Waals surface area contributed by atoms with Gasteiger partial charge in [0, 0.05) is 38.1 Å². The van der Waals surface area contributed by atoms with Crippen LogP contribution in [-0.4, -0.2) is 47.0 Å². The number of aromatic nitrogens is 2. The van der Waals surface area contributed by atoms with E-state index in [0.717, 1.165) is 63.5 Å². The molecule has 122 valence electrons. The van der Waals surface area contributed by atoms with E-state index in [1.54, 1.807) is 6.20 Å². The molecule has 1 aromatic rings. The van der Waals surface area contributed by atoms with Crippen LogP contribution < -0.4 is 4.90 Å². The molecule has 5 heteroatoms. The molecule has 0 radical (unpaired) electrons. The van der Waals surface area contributed by atoms with E-state index in [0.29, 0.717) is 5.91 Å². The molecular weight excluding hydrogens is 276 g/mol. The van der Waals surface area contributed by atoms with Crippen molar-refractivity contribution in [3.63, 3.8) is 0 Å². The lowest BCUT2D eigenvalue weighted by Gasteiger charge is -2.34. The number of piperidine rings is 1. The first-order valence-corrected chi connectivity index (χ1v) is 8.49. The molecule has 0 bridgehead atoms. The molecule has 0 spiro atoms. The number of hydrogen-bond acceptors (Lipinski definition) is 4. The second-order valence-electron chi connectivity index (χ2n) is 6.05. The number of hydrogen-bond donors (Lipinski definition) is 0. The van der Waals surface area contributed by atoms with Crippen molar-refractivity contribution in [2.45, 2.75) is 46.5 Å². The molecule has 1 fully saturated rings. The van der Waals surface area contributed by atoms with E-state index in [1.165, 1.54) is 0 Å². The fraction of sp³-hybridized carbons (Fsp3) is 0.706. The first kappa shape index (κ1) is 16.7. The van der Waals surface area contributed by atoms with Crippen molar-refractivity contribution in [2.24, 2.45) is 5.92 Å². The zero-order valence-corrected chi connectivity index (χ0v) is 14.1. The first-order valence-electron chi connectivity index (χ1n) is 8.49. The third-order valence-corrected chi connectivity index (χ3v) is 4.31. The fourth-order valence-electron chi connectivity index (χ4n) is 2.98. The first-order chi connectivity index (χ1) is 10.7. The maximum Gasteiger partial charge on any atom is 0.227 e. The van der Waals surface area contributed by atoms with Crippen LogP contribution in [0.4, 0.5) is 5.95 Å². The molecule has 22 heavy (non-hydrogen) atoms. The molecule has 5 nitrogen and oxygen atoms in total. The fourth-order valence-corrected chi connectivity index (χ4v) is 2.98. The monoisotopic (exact) mass is 304 g/mol. The number of amides is 1. The van der Waals surface area contributed by atoms with Crippen molar-refractivity contribution in [1.29, 1.82) is 0 Å². The van der Waals surface area contributed by atoms with Crippen molar-refractivity contribution in [1.82, 2.24) is 14.9 Å². The average molecular weight is 304 g/mol. The second kappa shape index (κ2) is 8.11. The highest BCUT2D eigenvalue weighted by Crippen LogP contribution is 2.22. The van der Waals surface area contributed by atoms with Crippen LogP contribution in [0.5, 0.6) is 0 Å². The Bertz CT molecular complexity index is 491. The Balaban J connectivity index is 2.01. The molecule has 1 aromatic heterocycles. The van der Waals surface area contributed by atoms with Crippen LogP contribution in [0.25, 0.3) is 0 Å². The highest BCUT2D eigenvalue weighted by molar-refractivity contribution is 5.79. The second-order valence-corrected chi connectivity index (χ2v) is 6.05. The van der Waals surface area contributed by atoms with E-state index in [4.69, 9.17) is 0 Å². The zero-order chi connectivity index (χ0) is 15.9. The molecule has 0 aliphatic carbocycles. The van der Waals surface area contributed by atoms with Crippen LogP contribution in [-0.2, 0) is 4.79 Å². The number of carbonyl (C=O) groups is 1. The summed E-state index contributed by atoms with van der Waals surface area (Å²) in [7, 11) is 0. The Morgan fingerprint density at radius 1 is 1.45 bits per heavy atom. The number of unbranched alkanes of at least 4 members (excludes halogenated alkanes) is 1. The molecule has 2 heterocycles. The Morgan fingerprint density at radius 2 is 2.27 bits per heavy atom. The quantitative estimate of drug-likeness (QED) is 0.810. The Labute approximate surface area is 133 Å². The van der Waals surface area contributed by atoms with Gasteiger partial charge >= 0.3 is 0 Å². The van der Waals surface area contributed by atoms with Crippen molar-refractivity contribution >= 4 is 11.9 Å². The molecule has 2 rings (SSSR count). The van der Waals surface area contributed by atoms with E-state index in [1.807, 2.05) is 17.9 Å². The van der Waals surface area contributed by atoms with E-state index in [2.05, 4.69) is 28.7 Å². The lowest BCUT2D eigenvalue weighted by Crippen LogP contribution is -2.45. The van der Waals surface area contributed by atoms with Crippen LogP contribution in [0, 0.1) is 12.8 Å². The van der Waals surface area contributed by atoms with Crippen molar-refractivity contribution < 1.29 is 4.79 Å². The van der Waals surface area contributed by atoms with E-state index in [-0.39, 0.29) is 5.92 Å². The highest BCUT2D eigenvalue weighted by Gasteiger charge is 2.29. The Hall–Kier alpha value is -1.65. The van der Waals surface area contributed by atoms with Gasteiger partial charge in [0.05, 0.1) is 5.92 Å². The normalized spacial score (nSPS) is 18.3. The highest BCUT2D eigenvalue weighted by atomic mass is 16.2. The van der Waals surface area contributed by atoms with Gasteiger partial charge in [0.15, 0.2) is 0 Å². The van der Waals surface area contributed by atoms with E-state index < -0.39 is 0 Å². The maximum atomic E-state index is 12.7. The van der Waals surface area contributed by atoms with Gasteiger partial charge in [-0.25, -0.2) is 9.97 Å². The minimum absolute atomic E-state index is 0.0784. The van der Waals surface area contributed by atoms with Crippen LogP contribution in [0.15, 0.2) is 12.3 Å². The molecule has 0 N–H and O–H groups in total. The molecule has 0 unspecified atom stereocenters. The largest absolute Gasteiger partial charge is 0.343 e. The smallest absolute Gasteiger partial charge is 0.227 e. The predicted octanol–water partition coefficient (Wildman–Crippen LogP) is 2.65. The lowest BCUT2D eigenvalue weighted by atomic mass is 9.96. The molecule has 0 saturated carbocycles. The number of anilines is 1. The van der Waals surface area contributed by atoms with Gasteiger partial charge in [0.2, 0.25) is 11.9 Å². The number of rotatable bonds is 6. The van der Waals surface area contributed by atoms with Crippen LogP contribution in [0.3, 0.4) is 0 Å². The summed E-state index contributed by atoms with van der Waals surface area (Å²) in [6.07, 6.45) is 6.00. The summed E-state index contributed by atoms with van der Waals surface area (Å²) in [5.74, 6) is 1.14. The van der Waals surface area contributed by atoms with Gasteiger partial charge in [-0.05, 0) is 39.2 Å². The van der Waals surface area contributed by atoms with Crippen LogP contribution in [0.2, 0.25) is 0 Å². The standard InChI is InChI=1S/C17H28N4O/c1-4-6-11-20(5-2)16(22)15-8-7-12-21(13-15)17-18-10-9-14(3)19-17/h9-10,15H,4-8,11-13H2,1-3H3/t15-/m1/s1. The van der Waals surface area contributed by atoms with Gasteiger partial charge in [0.25, 0.3) is 0 Å². The summed E-state index contributed by atoms with van der Waals surface area (Å²) < 4.78 is 0. The van der Waals surface area contributed by atoms with Gasteiger partial charge in [-0.1, -0.05) is 13.3 Å². The minimum atomic E-state index is 0.0784. The molecule has 1 saturated heterocycles. The molecular formula is C17H28N4O.